The molecule has 3 rings (SSSR count). The van der Waals surface area contributed by atoms with Crippen molar-refractivity contribution in [2.75, 3.05) is 18.1 Å². The highest BCUT2D eigenvalue weighted by Crippen LogP contribution is 2.21. The third-order valence-corrected chi connectivity index (χ3v) is 6.69. The van der Waals surface area contributed by atoms with Gasteiger partial charge in [0.05, 0.1) is 11.5 Å². The molecule has 1 aliphatic rings. The summed E-state index contributed by atoms with van der Waals surface area (Å²) < 4.78 is 43.3. The molecule has 0 N–H and O–H groups in total. The van der Waals surface area contributed by atoms with Gasteiger partial charge in [0.1, 0.15) is 11.6 Å². The monoisotopic (exact) mass is 455 g/mol. The Morgan fingerprint density at radius 3 is 2.41 bits per heavy atom. The van der Waals surface area contributed by atoms with E-state index in [0.717, 1.165) is 10.0 Å². The van der Waals surface area contributed by atoms with Gasteiger partial charge in [0.2, 0.25) is 0 Å². The SMILES string of the molecule is O=C(COc1ccc(Br)cc1)N(Cc1ccc(F)cc1)[C@H]1CCS(=O)(=O)C1. The molecule has 144 valence electrons. The van der Waals surface area contributed by atoms with E-state index in [-0.39, 0.29) is 36.4 Å². The first-order valence-corrected chi connectivity index (χ1v) is 11.1. The van der Waals surface area contributed by atoms with Crippen molar-refractivity contribution in [1.82, 2.24) is 4.90 Å². The standard InChI is InChI=1S/C19H19BrFNO4S/c20-15-3-7-18(8-4-15)26-12-19(23)22(17-9-10-27(24,25)13-17)11-14-1-5-16(21)6-2-14/h1-8,17H,9-13H2/t17-/m0/s1. The van der Waals surface area contributed by atoms with Crippen LogP contribution >= 0.6 is 15.9 Å². The maximum absolute atomic E-state index is 13.1. The maximum atomic E-state index is 13.1. The molecule has 1 saturated heterocycles. The molecular formula is C19H19BrFNO4S. The minimum atomic E-state index is -3.14. The number of nitrogens with zero attached hydrogens (tertiary/aromatic N) is 1. The Bertz CT molecular complexity index is 900. The lowest BCUT2D eigenvalue weighted by atomic mass is 10.1. The van der Waals surface area contributed by atoms with Crippen LogP contribution in [0.3, 0.4) is 0 Å². The van der Waals surface area contributed by atoms with Crippen molar-refractivity contribution in [3.63, 3.8) is 0 Å². The van der Waals surface area contributed by atoms with E-state index in [1.807, 2.05) is 0 Å². The van der Waals surface area contributed by atoms with Crippen LogP contribution in [0, 0.1) is 5.82 Å². The van der Waals surface area contributed by atoms with Crippen LogP contribution in [0.1, 0.15) is 12.0 Å². The number of hydrogen-bond donors (Lipinski definition) is 0. The molecule has 0 spiro atoms. The molecule has 27 heavy (non-hydrogen) atoms. The quantitative estimate of drug-likeness (QED) is 0.670. The Balaban J connectivity index is 1.72. The summed E-state index contributed by atoms with van der Waals surface area (Å²) in [4.78, 5) is 14.3. The second-order valence-corrected chi connectivity index (χ2v) is 9.59. The summed E-state index contributed by atoms with van der Waals surface area (Å²) in [5, 5.41) is 0. The maximum Gasteiger partial charge on any atom is 0.261 e. The molecule has 8 heteroatoms. The van der Waals surface area contributed by atoms with Crippen molar-refractivity contribution in [1.29, 1.82) is 0 Å². The van der Waals surface area contributed by atoms with Crippen LogP contribution in [0.25, 0.3) is 0 Å². The molecule has 1 atom stereocenters. The smallest absolute Gasteiger partial charge is 0.261 e. The fourth-order valence-electron chi connectivity index (χ4n) is 2.99. The van der Waals surface area contributed by atoms with Crippen LogP contribution in [0.5, 0.6) is 5.75 Å². The van der Waals surface area contributed by atoms with Gasteiger partial charge in [-0.1, -0.05) is 28.1 Å². The highest BCUT2D eigenvalue weighted by Gasteiger charge is 2.34. The minimum absolute atomic E-state index is 0.0573. The van der Waals surface area contributed by atoms with E-state index >= 15 is 0 Å². The third-order valence-electron chi connectivity index (χ3n) is 4.41. The number of rotatable bonds is 6. The van der Waals surface area contributed by atoms with Crippen molar-refractivity contribution >= 4 is 31.7 Å². The fraction of sp³-hybridized carbons (Fsp3) is 0.316. The minimum Gasteiger partial charge on any atom is -0.484 e. The van der Waals surface area contributed by atoms with Gasteiger partial charge < -0.3 is 9.64 Å². The molecular weight excluding hydrogens is 437 g/mol. The Morgan fingerprint density at radius 2 is 1.81 bits per heavy atom. The molecule has 5 nitrogen and oxygen atoms in total. The first-order valence-electron chi connectivity index (χ1n) is 8.45. The van der Waals surface area contributed by atoms with Crippen LogP contribution in [0.2, 0.25) is 0 Å². The molecule has 2 aromatic carbocycles. The molecule has 0 saturated carbocycles. The van der Waals surface area contributed by atoms with Gasteiger partial charge in [-0.15, -0.1) is 0 Å². The van der Waals surface area contributed by atoms with Crippen molar-refractivity contribution in [3.05, 3.63) is 64.4 Å². The van der Waals surface area contributed by atoms with E-state index in [2.05, 4.69) is 15.9 Å². The highest BCUT2D eigenvalue weighted by atomic mass is 79.9. The number of hydrogen-bond acceptors (Lipinski definition) is 4. The molecule has 0 unspecified atom stereocenters. The van der Waals surface area contributed by atoms with Crippen molar-refractivity contribution in [2.45, 2.75) is 19.0 Å². The van der Waals surface area contributed by atoms with Gasteiger partial charge in [0, 0.05) is 17.1 Å². The molecule has 0 radical (unpaired) electrons. The normalized spacial score (nSPS) is 18.2. The Labute approximate surface area is 166 Å². The predicted molar refractivity (Wildman–Crippen MR) is 104 cm³/mol. The Hall–Kier alpha value is -1.93. The molecule has 0 aliphatic carbocycles. The van der Waals surface area contributed by atoms with Gasteiger partial charge >= 0.3 is 0 Å². The Kier molecular flexibility index (Phi) is 6.16. The fourth-order valence-corrected chi connectivity index (χ4v) is 4.98. The number of carbonyl (C=O) groups is 1. The summed E-state index contributed by atoms with van der Waals surface area (Å²) in [6.07, 6.45) is 0.396. The first kappa shape index (κ1) is 19.8. The lowest BCUT2D eigenvalue weighted by Gasteiger charge is -2.28. The number of benzene rings is 2. The lowest BCUT2D eigenvalue weighted by molar-refractivity contribution is -0.136. The number of halogens is 2. The first-order chi connectivity index (χ1) is 12.8. The third kappa shape index (κ3) is 5.52. The summed E-state index contributed by atoms with van der Waals surface area (Å²) in [5.74, 6) is -0.105. The molecule has 1 amide bonds. The lowest BCUT2D eigenvalue weighted by Crippen LogP contribution is -2.43. The molecule has 1 heterocycles. The number of carbonyl (C=O) groups excluding carboxylic acids is 1. The van der Waals surface area contributed by atoms with Gasteiger partial charge in [0.25, 0.3) is 5.91 Å². The van der Waals surface area contributed by atoms with E-state index in [1.54, 1.807) is 36.4 Å². The zero-order valence-electron chi connectivity index (χ0n) is 14.5. The van der Waals surface area contributed by atoms with Crippen LogP contribution in [0.4, 0.5) is 4.39 Å². The average Bonchev–Trinajstić information content (AvgIpc) is 3.00. The Morgan fingerprint density at radius 1 is 1.15 bits per heavy atom. The molecule has 0 aromatic heterocycles. The zero-order valence-corrected chi connectivity index (χ0v) is 16.9. The summed E-state index contributed by atoms with van der Waals surface area (Å²) in [7, 11) is -3.14. The molecule has 0 bridgehead atoms. The van der Waals surface area contributed by atoms with E-state index in [0.29, 0.717) is 12.2 Å². The summed E-state index contributed by atoms with van der Waals surface area (Å²) in [5.41, 5.74) is 0.734. The van der Waals surface area contributed by atoms with E-state index in [1.165, 1.54) is 17.0 Å². The average molecular weight is 456 g/mol. The van der Waals surface area contributed by atoms with E-state index < -0.39 is 15.9 Å². The predicted octanol–water partition coefficient (Wildman–Crippen LogP) is 3.18. The van der Waals surface area contributed by atoms with Crippen LogP contribution in [-0.2, 0) is 21.2 Å². The van der Waals surface area contributed by atoms with Gasteiger partial charge in [-0.2, -0.15) is 0 Å². The number of sulfone groups is 1. The van der Waals surface area contributed by atoms with Crippen molar-refractivity contribution < 1.29 is 22.3 Å². The molecule has 2 aromatic rings. The second-order valence-electron chi connectivity index (χ2n) is 6.45. The number of amides is 1. The summed E-state index contributed by atoms with van der Waals surface area (Å²) in [6.45, 7) is 0.0162. The molecule has 1 aliphatic heterocycles. The van der Waals surface area contributed by atoms with E-state index in [9.17, 15) is 17.6 Å². The van der Waals surface area contributed by atoms with Crippen LogP contribution < -0.4 is 4.74 Å². The van der Waals surface area contributed by atoms with Gasteiger partial charge in [-0.3, -0.25) is 4.79 Å². The topological polar surface area (TPSA) is 63.7 Å². The molecule has 1 fully saturated rings. The zero-order chi connectivity index (χ0) is 19.4. The second kappa shape index (κ2) is 8.39. The van der Waals surface area contributed by atoms with Gasteiger partial charge in [-0.25, -0.2) is 12.8 Å². The summed E-state index contributed by atoms with van der Waals surface area (Å²) in [6, 6.07) is 12.5. The van der Waals surface area contributed by atoms with Crippen molar-refractivity contribution in [3.8, 4) is 5.75 Å². The largest absolute Gasteiger partial charge is 0.484 e. The van der Waals surface area contributed by atoms with Gasteiger partial charge in [0.15, 0.2) is 16.4 Å². The van der Waals surface area contributed by atoms with E-state index in [4.69, 9.17) is 4.74 Å². The van der Waals surface area contributed by atoms with Crippen LogP contribution in [-0.4, -0.2) is 43.4 Å². The van der Waals surface area contributed by atoms with Crippen LogP contribution in [0.15, 0.2) is 53.0 Å². The highest BCUT2D eigenvalue weighted by molar-refractivity contribution is 9.10. The van der Waals surface area contributed by atoms with Gasteiger partial charge in [-0.05, 0) is 48.4 Å². The number of ether oxygens (including phenoxy) is 1. The van der Waals surface area contributed by atoms with Crippen molar-refractivity contribution in [2.24, 2.45) is 0 Å². The summed E-state index contributed by atoms with van der Waals surface area (Å²) >= 11 is 3.33.